The van der Waals surface area contributed by atoms with E-state index in [2.05, 4.69) is 64.8 Å². The molecule has 0 aromatic heterocycles. The predicted molar refractivity (Wildman–Crippen MR) is 123 cm³/mol. The molecule has 1 N–H and O–H groups in total. The van der Waals surface area contributed by atoms with Crippen molar-refractivity contribution in [1.82, 2.24) is 10.2 Å². The highest BCUT2D eigenvalue weighted by Crippen LogP contribution is 2.51. The van der Waals surface area contributed by atoms with Crippen LogP contribution in [-0.2, 0) is 10.3 Å². The van der Waals surface area contributed by atoms with Crippen molar-refractivity contribution in [2.75, 3.05) is 26.7 Å². The van der Waals surface area contributed by atoms with E-state index in [1.54, 1.807) is 7.11 Å². The Hall–Kier alpha value is -2.33. The molecule has 31 heavy (non-hydrogen) atoms. The van der Waals surface area contributed by atoms with Gasteiger partial charge in [-0.25, -0.2) is 0 Å². The highest BCUT2D eigenvalue weighted by Gasteiger charge is 2.54. The Balaban J connectivity index is 1.41. The van der Waals surface area contributed by atoms with E-state index >= 15 is 0 Å². The van der Waals surface area contributed by atoms with Crippen LogP contribution < -0.4 is 10.1 Å². The summed E-state index contributed by atoms with van der Waals surface area (Å²) in [5.74, 6) is 1.47. The zero-order valence-corrected chi connectivity index (χ0v) is 18.6. The smallest absolute Gasteiger partial charge is 0.227 e. The second-order valence-electron chi connectivity index (χ2n) is 9.64. The first kappa shape index (κ1) is 20.6. The monoisotopic (exact) mass is 418 g/mol. The number of carbonyl (C=O) groups excluding carboxylic acids is 1. The average Bonchev–Trinajstić information content (AvgIpc) is 3.15. The van der Waals surface area contributed by atoms with Crippen LogP contribution in [0.15, 0.2) is 54.6 Å². The minimum absolute atomic E-state index is 0.101. The molecule has 2 aromatic carbocycles. The average molecular weight is 419 g/mol. The van der Waals surface area contributed by atoms with E-state index in [4.69, 9.17) is 4.74 Å². The summed E-state index contributed by atoms with van der Waals surface area (Å²) in [6.07, 6.45) is 8.18. The third kappa shape index (κ3) is 3.45. The van der Waals surface area contributed by atoms with Crippen molar-refractivity contribution in [3.05, 3.63) is 65.7 Å². The van der Waals surface area contributed by atoms with Crippen LogP contribution in [0.4, 0.5) is 0 Å². The third-order valence-corrected chi connectivity index (χ3v) is 8.36. The van der Waals surface area contributed by atoms with Crippen LogP contribution in [0.5, 0.6) is 5.75 Å². The van der Waals surface area contributed by atoms with Gasteiger partial charge in [-0.3, -0.25) is 9.69 Å². The molecule has 1 atom stereocenters. The summed E-state index contributed by atoms with van der Waals surface area (Å²) in [5, 5.41) is 3.21. The lowest BCUT2D eigenvalue weighted by Crippen LogP contribution is -2.54. The maximum atomic E-state index is 13.1. The number of hydrogen-bond acceptors (Lipinski definition) is 3. The van der Waals surface area contributed by atoms with Gasteiger partial charge in [0.2, 0.25) is 5.91 Å². The predicted octanol–water partition coefficient (Wildman–Crippen LogP) is 4.85. The van der Waals surface area contributed by atoms with Crippen LogP contribution >= 0.6 is 0 Å². The SMILES string of the molecule is COc1ccc(C2(N3CCC4(CC3)C(=O)NCC4c3ccccc3)CCCCC2)cc1. The Morgan fingerprint density at radius 2 is 1.58 bits per heavy atom. The summed E-state index contributed by atoms with van der Waals surface area (Å²) >= 11 is 0. The van der Waals surface area contributed by atoms with Crippen LogP contribution in [0.2, 0.25) is 0 Å². The van der Waals surface area contributed by atoms with Gasteiger partial charge in [-0.15, -0.1) is 0 Å². The Labute approximate surface area is 186 Å². The molecule has 3 aliphatic rings. The quantitative estimate of drug-likeness (QED) is 0.772. The van der Waals surface area contributed by atoms with Gasteiger partial charge in [0.05, 0.1) is 12.5 Å². The number of piperidine rings is 1. The van der Waals surface area contributed by atoms with E-state index in [0.717, 1.165) is 38.2 Å². The molecular formula is C27H34N2O2. The number of methoxy groups -OCH3 is 1. The molecule has 2 aromatic rings. The van der Waals surface area contributed by atoms with Gasteiger partial charge < -0.3 is 10.1 Å². The fourth-order valence-corrected chi connectivity index (χ4v) is 6.58. The summed E-state index contributed by atoms with van der Waals surface area (Å²) < 4.78 is 5.41. The molecule has 4 heteroatoms. The fourth-order valence-electron chi connectivity index (χ4n) is 6.58. The van der Waals surface area contributed by atoms with E-state index in [0.29, 0.717) is 0 Å². The number of benzene rings is 2. The van der Waals surface area contributed by atoms with Gasteiger partial charge in [-0.05, 0) is 48.9 Å². The second kappa shape index (κ2) is 8.31. The largest absolute Gasteiger partial charge is 0.497 e. The van der Waals surface area contributed by atoms with Gasteiger partial charge in [0.1, 0.15) is 5.75 Å². The molecule has 2 heterocycles. The topological polar surface area (TPSA) is 41.6 Å². The molecule has 1 amide bonds. The Kier molecular flexibility index (Phi) is 5.51. The number of amides is 1. The van der Waals surface area contributed by atoms with Crippen molar-refractivity contribution >= 4 is 5.91 Å². The number of carbonyl (C=O) groups is 1. The minimum Gasteiger partial charge on any atom is -0.497 e. The first-order valence-corrected chi connectivity index (χ1v) is 11.9. The fraction of sp³-hybridized carbons (Fsp3) is 0.519. The van der Waals surface area contributed by atoms with Gasteiger partial charge >= 0.3 is 0 Å². The van der Waals surface area contributed by atoms with E-state index in [1.165, 1.54) is 43.2 Å². The van der Waals surface area contributed by atoms with Crippen LogP contribution in [0.25, 0.3) is 0 Å². The molecule has 3 fully saturated rings. The molecule has 5 rings (SSSR count). The first-order chi connectivity index (χ1) is 15.2. The van der Waals surface area contributed by atoms with Gasteiger partial charge in [0.15, 0.2) is 0 Å². The van der Waals surface area contributed by atoms with Crippen molar-refractivity contribution in [2.24, 2.45) is 5.41 Å². The molecule has 4 nitrogen and oxygen atoms in total. The lowest BCUT2D eigenvalue weighted by atomic mass is 9.66. The number of rotatable bonds is 4. The molecular weight excluding hydrogens is 384 g/mol. The van der Waals surface area contributed by atoms with Crippen LogP contribution in [0, 0.1) is 5.41 Å². The number of nitrogens with one attached hydrogen (secondary N) is 1. The van der Waals surface area contributed by atoms with Crippen molar-refractivity contribution < 1.29 is 9.53 Å². The van der Waals surface area contributed by atoms with Crippen LogP contribution in [0.3, 0.4) is 0 Å². The van der Waals surface area contributed by atoms with Gasteiger partial charge in [-0.1, -0.05) is 61.7 Å². The number of nitrogens with zero attached hydrogens (tertiary/aromatic N) is 1. The van der Waals surface area contributed by atoms with E-state index in [-0.39, 0.29) is 22.8 Å². The highest BCUT2D eigenvalue weighted by molar-refractivity contribution is 5.86. The Morgan fingerprint density at radius 3 is 2.23 bits per heavy atom. The third-order valence-electron chi connectivity index (χ3n) is 8.36. The molecule has 164 valence electrons. The molecule has 1 aliphatic carbocycles. The van der Waals surface area contributed by atoms with E-state index < -0.39 is 0 Å². The summed E-state index contributed by atoms with van der Waals surface area (Å²) in [7, 11) is 1.73. The van der Waals surface area contributed by atoms with Crippen molar-refractivity contribution in [1.29, 1.82) is 0 Å². The maximum Gasteiger partial charge on any atom is 0.227 e. The molecule has 1 spiro atoms. The standard InChI is InChI=1S/C27H34N2O2/c1-31-23-12-10-22(11-13-23)27(14-6-3-7-15-27)29-18-16-26(17-19-29)24(20-28-25(26)30)21-8-4-2-5-9-21/h2,4-5,8-13,24H,3,6-7,14-20H2,1H3,(H,28,30). The number of hydrogen-bond donors (Lipinski definition) is 1. The highest BCUT2D eigenvalue weighted by atomic mass is 16.5. The lowest BCUT2D eigenvalue weighted by molar-refractivity contribution is -0.132. The second-order valence-corrected chi connectivity index (χ2v) is 9.64. The minimum atomic E-state index is -0.256. The first-order valence-electron chi connectivity index (χ1n) is 11.9. The van der Waals surface area contributed by atoms with Crippen LogP contribution in [-0.4, -0.2) is 37.6 Å². The van der Waals surface area contributed by atoms with Gasteiger partial charge in [0, 0.05) is 31.1 Å². The molecule has 2 aliphatic heterocycles. The molecule has 1 saturated carbocycles. The molecule has 0 radical (unpaired) electrons. The van der Waals surface area contributed by atoms with Crippen LogP contribution in [0.1, 0.15) is 62.0 Å². The summed E-state index contributed by atoms with van der Waals surface area (Å²) in [6.45, 7) is 2.75. The molecule has 2 saturated heterocycles. The number of ether oxygens (including phenoxy) is 1. The van der Waals surface area contributed by atoms with Gasteiger partial charge in [-0.2, -0.15) is 0 Å². The van der Waals surface area contributed by atoms with E-state index in [1.807, 2.05) is 0 Å². The van der Waals surface area contributed by atoms with E-state index in [9.17, 15) is 4.79 Å². The Bertz CT molecular complexity index is 895. The molecule has 0 bridgehead atoms. The maximum absolute atomic E-state index is 13.1. The van der Waals surface area contributed by atoms with Crippen molar-refractivity contribution in [2.45, 2.75) is 56.4 Å². The zero-order chi connectivity index (χ0) is 21.3. The van der Waals surface area contributed by atoms with Crippen molar-refractivity contribution in [3.63, 3.8) is 0 Å². The summed E-state index contributed by atoms with van der Waals surface area (Å²) in [5.41, 5.74) is 2.56. The van der Waals surface area contributed by atoms with Gasteiger partial charge in [0.25, 0.3) is 0 Å². The Morgan fingerprint density at radius 1 is 0.903 bits per heavy atom. The normalized spacial score (nSPS) is 25.3. The zero-order valence-electron chi connectivity index (χ0n) is 18.6. The lowest BCUT2D eigenvalue weighted by Gasteiger charge is -2.52. The summed E-state index contributed by atoms with van der Waals surface area (Å²) in [4.78, 5) is 15.8. The van der Waals surface area contributed by atoms with Crippen molar-refractivity contribution in [3.8, 4) is 5.75 Å². The summed E-state index contributed by atoms with van der Waals surface area (Å²) in [6, 6.07) is 19.4. The number of likely N-dealkylation sites (tertiary alicyclic amines) is 1. The molecule has 1 unspecified atom stereocenters.